The molecule has 0 spiro atoms. The van der Waals surface area contributed by atoms with Crippen LogP contribution in [0.4, 0.5) is 5.82 Å². The molecule has 0 radical (unpaired) electrons. The molecule has 1 aromatic carbocycles. The fraction of sp³-hybridized carbons (Fsp3) is 0.250. The Hall–Kier alpha value is -2.89. The van der Waals surface area contributed by atoms with Gasteiger partial charge < -0.3 is 9.64 Å². The number of hydrogen-bond acceptors (Lipinski definition) is 4. The molecule has 0 saturated carbocycles. The maximum atomic E-state index is 12.6. The zero-order chi connectivity index (χ0) is 16.1. The van der Waals surface area contributed by atoms with Crippen molar-refractivity contribution in [3.8, 4) is 0 Å². The van der Waals surface area contributed by atoms with Gasteiger partial charge in [0.1, 0.15) is 11.9 Å². The number of pyridine rings is 1. The highest BCUT2D eigenvalue weighted by Crippen LogP contribution is 2.23. The van der Waals surface area contributed by atoms with E-state index in [1.807, 2.05) is 30.3 Å². The highest BCUT2D eigenvalue weighted by Gasteiger charge is 2.26. The predicted octanol–water partition coefficient (Wildman–Crippen LogP) is 3.24. The lowest BCUT2D eigenvalue weighted by Gasteiger charge is -2.33. The molecule has 3 rings (SSSR count). The van der Waals surface area contributed by atoms with Crippen LogP contribution in [-0.2, 0) is 4.74 Å². The van der Waals surface area contributed by atoms with Crippen molar-refractivity contribution in [1.29, 1.82) is 0 Å². The second-order valence-electron chi connectivity index (χ2n) is 5.12. The highest BCUT2D eigenvalue weighted by molar-refractivity contribution is 5.94. The topological polar surface area (TPSA) is 91.2 Å². The van der Waals surface area contributed by atoms with Crippen LogP contribution < -0.4 is 0 Å². The third-order valence-electron chi connectivity index (χ3n) is 3.67. The number of azide groups is 1. The van der Waals surface area contributed by atoms with Crippen molar-refractivity contribution in [2.45, 2.75) is 6.10 Å². The summed E-state index contributed by atoms with van der Waals surface area (Å²) in [7, 11) is 0. The molecule has 1 amide bonds. The maximum Gasteiger partial charge on any atom is 0.255 e. The normalized spacial score (nSPS) is 17.4. The number of hydrogen-bond donors (Lipinski definition) is 0. The Morgan fingerprint density at radius 2 is 2.13 bits per heavy atom. The minimum atomic E-state index is -0.121. The van der Waals surface area contributed by atoms with Crippen molar-refractivity contribution < 1.29 is 9.53 Å². The minimum Gasteiger partial charge on any atom is -0.370 e. The average molecular weight is 309 g/mol. The summed E-state index contributed by atoms with van der Waals surface area (Å²) in [4.78, 5) is 21.0. The maximum absolute atomic E-state index is 12.6. The molecule has 7 heteroatoms. The molecule has 1 saturated heterocycles. The van der Waals surface area contributed by atoms with Gasteiger partial charge in [-0.1, -0.05) is 30.3 Å². The van der Waals surface area contributed by atoms with Crippen LogP contribution in [0.15, 0.2) is 53.8 Å². The van der Waals surface area contributed by atoms with Crippen molar-refractivity contribution in [2.24, 2.45) is 5.11 Å². The molecule has 23 heavy (non-hydrogen) atoms. The molecule has 0 unspecified atom stereocenters. The number of ether oxygens (including phenoxy) is 1. The zero-order valence-electron chi connectivity index (χ0n) is 12.4. The highest BCUT2D eigenvalue weighted by atomic mass is 16.5. The van der Waals surface area contributed by atoms with Crippen molar-refractivity contribution >= 4 is 11.7 Å². The molecule has 2 aromatic rings. The molecule has 0 bridgehead atoms. The third kappa shape index (κ3) is 3.48. The van der Waals surface area contributed by atoms with Gasteiger partial charge in [0.15, 0.2) is 0 Å². The summed E-state index contributed by atoms with van der Waals surface area (Å²) in [6.07, 6.45) is 1.31. The van der Waals surface area contributed by atoms with Crippen LogP contribution in [0.25, 0.3) is 10.4 Å². The summed E-state index contributed by atoms with van der Waals surface area (Å²) in [5.41, 5.74) is 9.89. The van der Waals surface area contributed by atoms with E-state index in [9.17, 15) is 4.79 Å². The van der Waals surface area contributed by atoms with Crippen LogP contribution in [0.5, 0.6) is 0 Å². The summed E-state index contributed by atoms with van der Waals surface area (Å²) in [5, 5.41) is 3.40. The standard InChI is InChI=1S/C16H15N5O2/c17-20-19-15-7-6-13(10-18-15)16(22)21-8-9-23-14(11-21)12-4-2-1-3-5-12/h1-7,10,14H,8-9,11H2/t14-/m1/s1. The molecule has 0 N–H and O–H groups in total. The van der Waals surface area contributed by atoms with Crippen molar-refractivity contribution in [1.82, 2.24) is 9.88 Å². The Morgan fingerprint density at radius 3 is 2.83 bits per heavy atom. The number of rotatable bonds is 3. The van der Waals surface area contributed by atoms with Crippen molar-refractivity contribution in [3.05, 3.63) is 70.2 Å². The molecular formula is C16H15N5O2. The molecule has 1 aliphatic heterocycles. The number of nitrogens with zero attached hydrogens (tertiary/aromatic N) is 5. The average Bonchev–Trinajstić information content (AvgIpc) is 2.63. The van der Waals surface area contributed by atoms with Gasteiger partial charge in [-0.3, -0.25) is 9.78 Å². The molecular weight excluding hydrogens is 294 g/mol. The zero-order valence-corrected chi connectivity index (χ0v) is 12.4. The van der Waals surface area contributed by atoms with E-state index in [4.69, 9.17) is 10.3 Å². The van der Waals surface area contributed by atoms with E-state index in [1.165, 1.54) is 12.3 Å². The lowest BCUT2D eigenvalue weighted by Crippen LogP contribution is -2.42. The van der Waals surface area contributed by atoms with E-state index in [0.29, 0.717) is 25.3 Å². The second kappa shape index (κ2) is 6.91. The number of carbonyl (C=O) groups excluding carboxylic acids is 1. The van der Waals surface area contributed by atoms with E-state index in [0.717, 1.165) is 5.56 Å². The molecule has 1 atom stereocenters. The first-order valence-corrected chi connectivity index (χ1v) is 7.25. The smallest absolute Gasteiger partial charge is 0.255 e. The fourth-order valence-corrected chi connectivity index (χ4v) is 2.50. The number of carbonyl (C=O) groups is 1. The Kier molecular flexibility index (Phi) is 4.52. The number of benzene rings is 1. The van der Waals surface area contributed by atoms with E-state index in [1.54, 1.807) is 11.0 Å². The molecule has 2 heterocycles. The van der Waals surface area contributed by atoms with Crippen LogP contribution in [0, 0.1) is 0 Å². The van der Waals surface area contributed by atoms with Crippen molar-refractivity contribution in [3.63, 3.8) is 0 Å². The van der Waals surface area contributed by atoms with Gasteiger partial charge in [0.2, 0.25) is 0 Å². The largest absolute Gasteiger partial charge is 0.370 e. The second-order valence-corrected chi connectivity index (χ2v) is 5.12. The summed E-state index contributed by atoms with van der Waals surface area (Å²) in [6, 6.07) is 13.0. The SMILES string of the molecule is [N-]=[N+]=Nc1ccc(C(=O)N2CCO[C@@H](c3ccccc3)C2)cn1. The molecule has 0 aliphatic carbocycles. The molecule has 7 nitrogen and oxygen atoms in total. The van der Waals surface area contributed by atoms with E-state index >= 15 is 0 Å². The predicted molar refractivity (Wildman–Crippen MR) is 84.1 cm³/mol. The first-order valence-electron chi connectivity index (χ1n) is 7.25. The molecule has 1 aliphatic rings. The number of aromatic nitrogens is 1. The monoisotopic (exact) mass is 309 g/mol. The minimum absolute atomic E-state index is 0.103. The molecule has 1 aromatic heterocycles. The summed E-state index contributed by atoms with van der Waals surface area (Å²) in [5.74, 6) is 0.141. The first kappa shape index (κ1) is 15.0. The van der Waals surface area contributed by atoms with Gasteiger partial charge >= 0.3 is 0 Å². The van der Waals surface area contributed by atoms with Gasteiger partial charge in [-0.15, -0.1) is 0 Å². The van der Waals surface area contributed by atoms with Crippen LogP contribution in [0.2, 0.25) is 0 Å². The Bertz CT molecular complexity index is 726. The third-order valence-corrected chi connectivity index (χ3v) is 3.67. The van der Waals surface area contributed by atoms with Gasteiger partial charge in [0, 0.05) is 17.7 Å². The van der Waals surface area contributed by atoms with E-state index in [2.05, 4.69) is 15.0 Å². The van der Waals surface area contributed by atoms with Gasteiger partial charge in [-0.2, -0.15) is 0 Å². The number of amides is 1. The fourth-order valence-electron chi connectivity index (χ4n) is 2.50. The molecule has 116 valence electrons. The van der Waals surface area contributed by atoms with Crippen LogP contribution in [0.1, 0.15) is 22.0 Å². The summed E-state index contributed by atoms with van der Waals surface area (Å²) >= 11 is 0. The Balaban J connectivity index is 1.73. The summed E-state index contributed by atoms with van der Waals surface area (Å²) < 4.78 is 5.77. The van der Waals surface area contributed by atoms with Crippen LogP contribution >= 0.6 is 0 Å². The summed E-state index contributed by atoms with van der Waals surface area (Å²) in [6.45, 7) is 1.54. The van der Waals surface area contributed by atoms with Crippen molar-refractivity contribution in [2.75, 3.05) is 19.7 Å². The van der Waals surface area contributed by atoms with Crippen LogP contribution in [0.3, 0.4) is 0 Å². The quantitative estimate of drug-likeness (QED) is 0.495. The lowest BCUT2D eigenvalue weighted by atomic mass is 10.1. The van der Waals surface area contributed by atoms with Gasteiger partial charge in [-0.05, 0) is 28.3 Å². The lowest BCUT2D eigenvalue weighted by molar-refractivity contribution is -0.0228. The first-order chi connectivity index (χ1) is 11.3. The van der Waals surface area contributed by atoms with Gasteiger partial charge in [-0.25, -0.2) is 0 Å². The van der Waals surface area contributed by atoms with E-state index in [-0.39, 0.29) is 17.8 Å². The Labute approximate surface area is 133 Å². The molecule has 1 fully saturated rings. The van der Waals surface area contributed by atoms with E-state index < -0.39 is 0 Å². The van der Waals surface area contributed by atoms with Gasteiger partial charge in [0.05, 0.1) is 18.7 Å². The van der Waals surface area contributed by atoms with Gasteiger partial charge in [0.25, 0.3) is 5.91 Å². The number of morpholine rings is 1. The van der Waals surface area contributed by atoms with Crippen LogP contribution in [-0.4, -0.2) is 35.5 Å². The Morgan fingerprint density at radius 1 is 1.30 bits per heavy atom.